The standard InChI is InChI=1S/C8H18O2S3/c9-3-1-7(11)5-13-6-8(12)2-4-10/h7-12H,1-6H2. The van der Waals surface area contributed by atoms with Gasteiger partial charge in [-0.05, 0) is 12.8 Å². The normalized spacial score (nSPS) is 15.7. The summed E-state index contributed by atoms with van der Waals surface area (Å²) in [5.41, 5.74) is 0. The number of hydrogen-bond acceptors (Lipinski definition) is 5. The van der Waals surface area contributed by atoms with Crippen molar-refractivity contribution in [3.63, 3.8) is 0 Å². The molecule has 2 atom stereocenters. The predicted octanol–water partition coefficient (Wildman–Crippen LogP) is 1.08. The highest BCUT2D eigenvalue weighted by atomic mass is 32.2. The number of rotatable bonds is 8. The van der Waals surface area contributed by atoms with Gasteiger partial charge in [0.05, 0.1) is 0 Å². The third-order valence-corrected chi connectivity index (χ3v) is 4.20. The molecule has 80 valence electrons. The molecule has 5 heteroatoms. The number of aliphatic hydroxyl groups is 2. The van der Waals surface area contributed by atoms with Gasteiger partial charge in [-0.1, -0.05) is 0 Å². The van der Waals surface area contributed by atoms with Crippen molar-refractivity contribution in [2.45, 2.75) is 23.3 Å². The Morgan fingerprint density at radius 2 is 1.31 bits per heavy atom. The second kappa shape index (κ2) is 9.52. The number of thiol groups is 2. The Hall–Kier alpha value is 0.970. The lowest BCUT2D eigenvalue weighted by molar-refractivity contribution is 0.289. The van der Waals surface area contributed by atoms with E-state index in [0.29, 0.717) is 0 Å². The van der Waals surface area contributed by atoms with Gasteiger partial charge >= 0.3 is 0 Å². The van der Waals surface area contributed by atoms with Crippen molar-refractivity contribution in [2.24, 2.45) is 0 Å². The molecule has 0 aromatic rings. The van der Waals surface area contributed by atoms with Crippen molar-refractivity contribution in [2.75, 3.05) is 24.7 Å². The van der Waals surface area contributed by atoms with Gasteiger partial charge in [0.1, 0.15) is 0 Å². The molecule has 0 heterocycles. The van der Waals surface area contributed by atoms with Gasteiger partial charge in [0.2, 0.25) is 0 Å². The highest BCUT2D eigenvalue weighted by Gasteiger charge is 2.05. The zero-order chi connectivity index (χ0) is 10.1. The molecule has 0 saturated carbocycles. The summed E-state index contributed by atoms with van der Waals surface area (Å²) < 4.78 is 0. The van der Waals surface area contributed by atoms with Crippen LogP contribution in [0.2, 0.25) is 0 Å². The first-order valence-electron chi connectivity index (χ1n) is 4.36. The van der Waals surface area contributed by atoms with E-state index < -0.39 is 0 Å². The van der Waals surface area contributed by atoms with Gasteiger partial charge in [-0.15, -0.1) is 0 Å². The highest BCUT2D eigenvalue weighted by molar-refractivity contribution is 8.00. The zero-order valence-corrected chi connectivity index (χ0v) is 10.2. The fourth-order valence-electron chi connectivity index (χ4n) is 0.805. The first-order chi connectivity index (χ1) is 6.20. The second-order valence-electron chi connectivity index (χ2n) is 2.87. The van der Waals surface area contributed by atoms with E-state index in [1.807, 2.05) is 0 Å². The van der Waals surface area contributed by atoms with E-state index in [2.05, 4.69) is 25.3 Å². The van der Waals surface area contributed by atoms with Gasteiger partial charge in [0, 0.05) is 35.2 Å². The third-order valence-electron chi connectivity index (χ3n) is 1.55. The van der Waals surface area contributed by atoms with Crippen LogP contribution in [0.5, 0.6) is 0 Å². The van der Waals surface area contributed by atoms with E-state index in [4.69, 9.17) is 10.2 Å². The van der Waals surface area contributed by atoms with E-state index in [-0.39, 0.29) is 23.7 Å². The van der Waals surface area contributed by atoms with Gasteiger partial charge < -0.3 is 10.2 Å². The molecule has 0 radical (unpaired) electrons. The summed E-state index contributed by atoms with van der Waals surface area (Å²) >= 11 is 10.4. The SMILES string of the molecule is OCCC(S)CSCC(S)CCO. The summed E-state index contributed by atoms with van der Waals surface area (Å²) in [4.78, 5) is 0. The van der Waals surface area contributed by atoms with Crippen LogP contribution in [0.4, 0.5) is 0 Å². The summed E-state index contributed by atoms with van der Waals surface area (Å²) in [5.74, 6) is 1.87. The maximum atomic E-state index is 8.62. The molecule has 2 N–H and O–H groups in total. The average molecular weight is 242 g/mol. The maximum absolute atomic E-state index is 8.62. The molecule has 2 nitrogen and oxygen atoms in total. The predicted molar refractivity (Wildman–Crippen MR) is 66.3 cm³/mol. The van der Waals surface area contributed by atoms with Gasteiger partial charge in [-0.25, -0.2) is 0 Å². The minimum Gasteiger partial charge on any atom is -0.396 e. The topological polar surface area (TPSA) is 40.5 Å². The van der Waals surface area contributed by atoms with Crippen molar-refractivity contribution in [1.82, 2.24) is 0 Å². The van der Waals surface area contributed by atoms with E-state index >= 15 is 0 Å². The lowest BCUT2D eigenvalue weighted by Gasteiger charge is -2.11. The summed E-state index contributed by atoms with van der Waals surface area (Å²) in [6.45, 7) is 0.408. The number of aliphatic hydroxyl groups excluding tert-OH is 2. The molecule has 0 bridgehead atoms. The zero-order valence-electron chi connectivity index (χ0n) is 7.59. The van der Waals surface area contributed by atoms with Crippen LogP contribution in [0.3, 0.4) is 0 Å². The molecular formula is C8H18O2S3. The van der Waals surface area contributed by atoms with Crippen molar-refractivity contribution in [3.8, 4) is 0 Å². The van der Waals surface area contributed by atoms with Crippen LogP contribution in [-0.4, -0.2) is 45.4 Å². The number of hydrogen-bond donors (Lipinski definition) is 4. The van der Waals surface area contributed by atoms with E-state index in [0.717, 1.165) is 24.3 Å². The highest BCUT2D eigenvalue weighted by Crippen LogP contribution is 2.15. The molecule has 0 spiro atoms. The van der Waals surface area contributed by atoms with Crippen LogP contribution in [-0.2, 0) is 0 Å². The molecular weight excluding hydrogens is 224 g/mol. The molecule has 0 saturated heterocycles. The van der Waals surface area contributed by atoms with Crippen LogP contribution in [0.15, 0.2) is 0 Å². The molecule has 0 aromatic heterocycles. The summed E-state index contributed by atoms with van der Waals surface area (Å²) in [5, 5.41) is 17.8. The van der Waals surface area contributed by atoms with Crippen LogP contribution >= 0.6 is 37.0 Å². The van der Waals surface area contributed by atoms with Gasteiger partial charge in [-0.3, -0.25) is 0 Å². The molecule has 2 unspecified atom stereocenters. The molecule has 0 aromatic carbocycles. The van der Waals surface area contributed by atoms with Crippen molar-refractivity contribution < 1.29 is 10.2 Å². The van der Waals surface area contributed by atoms with Crippen LogP contribution < -0.4 is 0 Å². The summed E-state index contributed by atoms with van der Waals surface area (Å²) in [7, 11) is 0. The summed E-state index contributed by atoms with van der Waals surface area (Å²) in [6.07, 6.45) is 1.49. The Labute approximate surface area is 95.3 Å². The lowest BCUT2D eigenvalue weighted by Crippen LogP contribution is -2.10. The Morgan fingerprint density at radius 3 is 1.62 bits per heavy atom. The van der Waals surface area contributed by atoms with Crippen LogP contribution in [0.25, 0.3) is 0 Å². The van der Waals surface area contributed by atoms with Crippen LogP contribution in [0.1, 0.15) is 12.8 Å². The van der Waals surface area contributed by atoms with E-state index in [9.17, 15) is 0 Å². The fraction of sp³-hybridized carbons (Fsp3) is 1.00. The monoisotopic (exact) mass is 242 g/mol. The van der Waals surface area contributed by atoms with Crippen LogP contribution in [0, 0.1) is 0 Å². The van der Waals surface area contributed by atoms with Gasteiger partial charge in [0.25, 0.3) is 0 Å². The molecule has 0 rings (SSSR count). The quantitative estimate of drug-likeness (QED) is 0.482. The van der Waals surface area contributed by atoms with Crippen molar-refractivity contribution >= 4 is 37.0 Å². The van der Waals surface area contributed by atoms with Crippen molar-refractivity contribution in [1.29, 1.82) is 0 Å². The number of thioether (sulfide) groups is 1. The van der Waals surface area contributed by atoms with E-state index in [1.165, 1.54) is 0 Å². The maximum Gasteiger partial charge on any atom is 0.0441 e. The molecule has 0 fully saturated rings. The summed E-state index contributed by atoms with van der Waals surface area (Å²) in [6, 6.07) is 0. The largest absolute Gasteiger partial charge is 0.396 e. The first kappa shape index (κ1) is 14.0. The molecule has 13 heavy (non-hydrogen) atoms. The molecule has 0 aliphatic heterocycles. The molecule has 0 amide bonds. The van der Waals surface area contributed by atoms with Crippen molar-refractivity contribution in [3.05, 3.63) is 0 Å². The Balaban J connectivity index is 3.23. The fourth-order valence-corrected chi connectivity index (χ4v) is 2.68. The Kier molecular flexibility index (Phi) is 10.2. The smallest absolute Gasteiger partial charge is 0.0441 e. The molecule has 0 aliphatic rings. The Bertz CT molecular complexity index is 102. The van der Waals surface area contributed by atoms with Gasteiger partial charge in [0.15, 0.2) is 0 Å². The van der Waals surface area contributed by atoms with E-state index in [1.54, 1.807) is 11.8 Å². The minimum absolute atomic E-state index is 0.204. The minimum atomic E-state index is 0.204. The Morgan fingerprint density at radius 1 is 0.923 bits per heavy atom. The lowest BCUT2D eigenvalue weighted by atomic mass is 10.3. The second-order valence-corrected chi connectivity index (χ2v) is 5.41. The third kappa shape index (κ3) is 9.28. The van der Waals surface area contributed by atoms with Gasteiger partial charge in [-0.2, -0.15) is 37.0 Å². The molecule has 0 aliphatic carbocycles. The first-order valence-corrected chi connectivity index (χ1v) is 6.55. The average Bonchev–Trinajstić information content (AvgIpc) is 2.05.